The van der Waals surface area contributed by atoms with Crippen LogP contribution in [0.4, 0.5) is 4.79 Å². The molecule has 2 bridgehead atoms. The Balaban J connectivity index is 2.69. The van der Waals surface area contributed by atoms with Gasteiger partial charge in [0.15, 0.2) is 11.9 Å². The summed E-state index contributed by atoms with van der Waals surface area (Å²) in [5, 5.41) is 36.0. The summed E-state index contributed by atoms with van der Waals surface area (Å²) in [6.07, 6.45) is -3.20. The highest BCUT2D eigenvalue weighted by molar-refractivity contribution is 6.12. The van der Waals surface area contributed by atoms with Gasteiger partial charge in [-0.3, -0.25) is 9.59 Å². The predicted octanol–water partition coefficient (Wildman–Crippen LogP) is 0.423. The van der Waals surface area contributed by atoms with Gasteiger partial charge < -0.3 is 50.1 Å². The number of ether oxygens (including phenoxy) is 5. The molecule has 2 rings (SSSR count). The van der Waals surface area contributed by atoms with Gasteiger partial charge in [-0.05, 0) is 44.3 Å². The second-order valence-electron chi connectivity index (χ2n) is 11.4. The maximum atomic E-state index is 13.7. The zero-order valence-electron chi connectivity index (χ0n) is 26.5. The SMILES string of the molecule is COC(=O)C1(O)C(OC)=C2CC(C)CC(OC)C(O)C(C)C=C(C)C(OC(N)=O)C(OC)CC(O)C=C(C)C(=O)NC1C2=O. The molecule has 0 aromatic rings. The van der Waals surface area contributed by atoms with Gasteiger partial charge >= 0.3 is 12.1 Å². The van der Waals surface area contributed by atoms with Crippen LogP contribution in [0.25, 0.3) is 0 Å². The van der Waals surface area contributed by atoms with Crippen LogP contribution in [0, 0.1) is 11.8 Å². The van der Waals surface area contributed by atoms with E-state index in [2.05, 4.69) is 5.32 Å². The van der Waals surface area contributed by atoms with Crippen molar-refractivity contribution in [2.45, 2.75) is 89.1 Å². The molecule has 14 nitrogen and oxygen atoms in total. The number of esters is 1. The van der Waals surface area contributed by atoms with Gasteiger partial charge in [-0.15, -0.1) is 0 Å². The molecule has 0 saturated carbocycles. The summed E-state index contributed by atoms with van der Waals surface area (Å²) in [5.74, 6) is -4.07. The van der Waals surface area contributed by atoms with E-state index in [9.17, 15) is 34.5 Å². The minimum atomic E-state index is -2.66. The number of carbonyl (C=O) groups is 4. The van der Waals surface area contributed by atoms with Crippen molar-refractivity contribution in [3.8, 4) is 0 Å². The van der Waals surface area contributed by atoms with Gasteiger partial charge in [0.2, 0.25) is 11.5 Å². The summed E-state index contributed by atoms with van der Waals surface area (Å²) in [7, 11) is 4.98. The number of ketones is 1. The second-order valence-corrected chi connectivity index (χ2v) is 11.4. The molecular weight excluding hydrogens is 580 g/mol. The van der Waals surface area contributed by atoms with Gasteiger partial charge in [-0.2, -0.15) is 0 Å². The maximum Gasteiger partial charge on any atom is 0.405 e. The van der Waals surface area contributed by atoms with E-state index in [4.69, 9.17) is 29.4 Å². The Hall–Kier alpha value is -3.30. The van der Waals surface area contributed by atoms with E-state index in [1.165, 1.54) is 34.3 Å². The summed E-state index contributed by atoms with van der Waals surface area (Å²) >= 11 is 0. The highest BCUT2D eigenvalue weighted by Gasteiger charge is 2.61. The molecule has 44 heavy (non-hydrogen) atoms. The van der Waals surface area contributed by atoms with Crippen LogP contribution >= 0.6 is 0 Å². The van der Waals surface area contributed by atoms with E-state index in [0.717, 1.165) is 7.11 Å². The summed E-state index contributed by atoms with van der Waals surface area (Å²) in [4.78, 5) is 51.6. The summed E-state index contributed by atoms with van der Waals surface area (Å²) in [6.45, 7) is 6.56. The molecule has 0 radical (unpaired) electrons. The van der Waals surface area contributed by atoms with Gasteiger partial charge in [0.05, 0.1) is 32.5 Å². The third-order valence-corrected chi connectivity index (χ3v) is 8.12. The zero-order valence-corrected chi connectivity index (χ0v) is 26.5. The maximum absolute atomic E-state index is 13.7. The van der Waals surface area contributed by atoms with Crippen molar-refractivity contribution in [1.29, 1.82) is 0 Å². The number of fused-ring (bicyclic) bond motifs is 2. The quantitative estimate of drug-likeness (QED) is 0.208. The molecule has 248 valence electrons. The normalized spacial score (nSPS) is 34.5. The lowest BCUT2D eigenvalue weighted by Crippen LogP contribution is -2.59. The number of nitrogens with one attached hydrogen (secondary N) is 1. The Kier molecular flexibility index (Phi) is 13.1. The van der Waals surface area contributed by atoms with Gasteiger partial charge in [-0.1, -0.05) is 19.9 Å². The highest BCUT2D eigenvalue weighted by atomic mass is 16.6. The first-order chi connectivity index (χ1) is 20.6. The number of hydrogen-bond donors (Lipinski definition) is 5. The number of methoxy groups -OCH3 is 4. The Morgan fingerprint density at radius 3 is 2.14 bits per heavy atom. The summed E-state index contributed by atoms with van der Waals surface area (Å²) in [6, 6.07) is -1.79. The number of aliphatic hydroxyl groups is 3. The summed E-state index contributed by atoms with van der Waals surface area (Å²) in [5.41, 5.74) is 3.08. The third-order valence-electron chi connectivity index (χ3n) is 8.12. The number of rotatable bonds is 5. The van der Waals surface area contributed by atoms with Crippen molar-refractivity contribution in [1.82, 2.24) is 5.32 Å². The molecule has 1 aliphatic carbocycles. The van der Waals surface area contributed by atoms with Crippen LogP contribution in [-0.2, 0) is 38.1 Å². The smallest absolute Gasteiger partial charge is 0.405 e. The second kappa shape index (κ2) is 15.6. The molecule has 1 aliphatic heterocycles. The van der Waals surface area contributed by atoms with E-state index in [1.54, 1.807) is 26.8 Å². The number of carbonyl (C=O) groups excluding carboxylic acids is 4. The van der Waals surface area contributed by atoms with Crippen molar-refractivity contribution >= 4 is 23.8 Å². The van der Waals surface area contributed by atoms with Gasteiger partial charge in [0.25, 0.3) is 0 Å². The summed E-state index contributed by atoms with van der Waals surface area (Å²) < 4.78 is 26.6. The molecule has 1 heterocycles. The van der Waals surface area contributed by atoms with Crippen molar-refractivity contribution in [3.05, 3.63) is 34.6 Å². The first-order valence-electron chi connectivity index (χ1n) is 14.2. The van der Waals surface area contributed by atoms with E-state index in [1.807, 2.05) is 0 Å². The number of amides is 2. The Bertz CT molecular complexity index is 1180. The lowest BCUT2D eigenvalue weighted by molar-refractivity contribution is -0.165. The number of hydrogen-bond acceptors (Lipinski definition) is 12. The number of Topliss-reactive ketones (excluding diaryl/α,β-unsaturated/α-hetero) is 1. The fourth-order valence-electron chi connectivity index (χ4n) is 5.84. The molecule has 0 aromatic heterocycles. The largest absolute Gasteiger partial charge is 0.497 e. The molecule has 6 N–H and O–H groups in total. The van der Waals surface area contributed by atoms with E-state index in [0.29, 0.717) is 5.57 Å². The minimum Gasteiger partial charge on any atom is -0.497 e. The lowest BCUT2D eigenvalue weighted by Gasteiger charge is -2.30. The predicted molar refractivity (Wildman–Crippen MR) is 156 cm³/mol. The highest BCUT2D eigenvalue weighted by Crippen LogP contribution is 2.39. The molecule has 9 atom stereocenters. The van der Waals surface area contributed by atoms with Crippen LogP contribution in [0.1, 0.15) is 47.0 Å². The molecule has 9 unspecified atom stereocenters. The number of primary amides is 1. The fraction of sp³-hybridized carbons (Fsp3) is 0.667. The number of aliphatic hydroxyl groups excluding tert-OH is 2. The van der Waals surface area contributed by atoms with Crippen LogP contribution in [0.5, 0.6) is 0 Å². The molecule has 2 aliphatic rings. The molecule has 0 spiro atoms. The molecule has 2 amide bonds. The number of nitrogens with two attached hydrogens (primary N) is 1. The first kappa shape index (κ1) is 36.9. The molecule has 0 aromatic carbocycles. The minimum absolute atomic E-state index is 0.00108. The third kappa shape index (κ3) is 8.04. The lowest BCUT2D eigenvalue weighted by atomic mass is 9.87. The van der Waals surface area contributed by atoms with Gasteiger partial charge in [0, 0.05) is 37.7 Å². The van der Waals surface area contributed by atoms with Crippen LogP contribution in [0.3, 0.4) is 0 Å². The van der Waals surface area contributed by atoms with Crippen LogP contribution in [-0.4, -0.2) is 110 Å². The van der Waals surface area contributed by atoms with Crippen molar-refractivity contribution in [3.63, 3.8) is 0 Å². The van der Waals surface area contributed by atoms with Crippen molar-refractivity contribution in [2.75, 3.05) is 28.4 Å². The molecule has 0 fully saturated rings. The Morgan fingerprint density at radius 1 is 1.00 bits per heavy atom. The van der Waals surface area contributed by atoms with Gasteiger partial charge in [0.1, 0.15) is 17.9 Å². The fourth-order valence-corrected chi connectivity index (χ4v) is 5.84. The van der Waals surface area contributed by atoms with E-state index < -0.39 is 71.8 Å². The van der Waals surface area contributed by atoms with E-state index >= 15 is 0 Å². The van der Waals surface area contributed by atoms with Crippen LogP contribution in [0.15, 0.2) is 34.6 Å². The van der Waals surface area contributed by atoms with Gasteiger partial charge in [-0.25, -0.2) is 9.59 Å². The Morgan fingerprint density at radius 2 is 1.61 bits per heavy atom. The zero-order chi connectivity index (χ0) is 33.5. The van der Waals surface area contributed by atoms with Crippen LogP contribution < -0.4 is 11.1 Å². The average molecular weight is 627 g/mol. The first-order valence-corrected chi connectivity index (χ1v) is 14.2. The topological polar surface area (TPSA) is 213 Å². The standard InChI is InChI=1S/C30H46N2O12/c1-14-9-19-23(35)25(30(39,26(19)42-7)28(37)43-8)32-27(36)17(4)12-18(33)13-21(41-6)24(44-29(31)38)16(3)11-15(2)22(34)20(10-14)40-5/h11-12,14-15,18,20-22,24-25,33-34,39H,9-10,13H2,1-8H3,(H2,31,38)(H,32,36). The average Bonchev–Trinajstić information content (AvgIpc) is 3.16. The monoisotopic (exact) mass is 626 g/mol. The molecule has 14 heteroatoms. The van der Waals surface area contributed by atoms with Crippen LogP contribution in [0.2, 0.25) is 0 Å². The Labute approximate surface area is 257 Å². The molecule has 0 saturated heterocycles. The van der Waals surface area contributed by atoms with Crippen molar-refractivity contribution < 1.29 is 58.2 Å². The van der Waals surface area contributed by atoms with E-state index in [-0.39, 0.29) is 42.1 Å². The molecular formula is C30H46N2O12. The van der Waals surface area contributed by atoms with Crippen molar-refractivity contribution in [2.24, 2.45) is 17.6 Å².